The average Bonchev–Trinajstić information content (AvgIpc) is 2.71. The fraction of sp³-hybridized carbons (Fsp3) is 0.261. The molecule has 0 aliphatic heterocycles. The van der Waals surface area contributed by atoms with E-state index in [0.717, 1.165) is 28.2 Å². The monoisotopic (exact) mass is 380 g/mol. The van der Waals surface area contributed by atoms with Gasteiger partial charge in [-0.25, -0.2) is 0 Å². The fourth-order valence-electron chi connectivity index (χ4n) is 3.55. The smallest absolute Gasteiger partial charge is 0.169 e. The number of ether oxygens (including phenoxy) is 3. The number of carbonyl (C=O) groups is 1. The number of rotatable bonds is 7. The zero-order chi connectivity index (χ0) is 20.3. The SMILES string of the molecule is COc1ccc(C=O)c(-c2c(OC)ccc3cc(C[C@H](C)O)ccc23)c1OC. The van der Waals surface area contributed by atoms with Crippen molar-refractivity contribution in [3.8, 4) is 28.4 Å². The lowest BCUT2D eigenvalue weighted by Crippen LogP contribution is -2.04. The lowest BCUT2D eigenvalue weighted by Gasteiger charge is -2.19. The summed E-state index contributed by atoms with van der Waals surface area (Å²) in [5, 5.41) is 11.6. The maximum Gasteiger partial charge on any atom is 0.169 e. The zero-order valence-corrected chi connectivity index (χ0v) is 16.5. The van der Waals surface area contributed by atoms with Gasteiger partial charge in [-0.2, -0.15) is 0 Å². The van der Waals surface area contributed by atoms with Crippen LogP contribution in [0.4, 0.5) is 0 Å². The highest BCUT2D eigenvalue weighted by atomic mass is 16.5. The van der Waals surface area contributed by atoms with Crippen molar-refractivity contribution in [2.75, 3.05) is 21.3 Å². The normalized spacial score (nSPS) is 11.9. The summed E-state index contributed by atoms with van der Waals surface area (Å²) in [7, 11) is 4.71. The molecule has 5 nitrogen and oxygen atoms in total. The van der Waals surface area contributed by atoms with Crippen LogP contribution in [0, 0.1) is 0 Å². The standard InChI is InChI=1S/C23H24O5/c1-14(25)11-15-5-8-18-16(12-15)6-9-19(26-2)22(18)21-17(13-24)7-10-20(27-3)23(21)28-4/h5-10,12-14,25H,11H2,1-4H3/t14-/m0/s1. The van der Waals surface area contributed by atoms with Crippen LogP contribution >= 0.6 is 0 Å². The molecule has 0 aliphatic carbocycles. The summed E-state index contributed by atoms with van der Waals surface area (Å²) in [6.07, 6.45) is 0.951. The molecule has 0 aliphatic rings. The Balaban J connectivity index is 2.37. The summed E-state index contributed by atoms with van der Waals surface area (Å²) in [6.45, 7) is 1.76. The molecule has 0 radical (unpaired) electrons. The Kier molecular flexibility index (Phi) is 5.85. The Morgan fingerprint density at radius 2 is 1.64 bits per heavy atom. The van der Waals surface area contributed by atoms with E-state index in [0.29, 0.717) is 34.8 Å². The number of aliphatic hydroxyl groups is 1. The highest BCUT2D eigenvalue weighted by Gasteiger charge is 2.22. The molecule has 3 aromatic rings. The highest BCUT2D eigenvalue weighted by Crippen LogP contribution is 2.46. The van der Waals surface area contributed by atoms with E-state index in [1.54, 1.807) is 40.4 Å². The number of aldehydes is 1. The molecular weight excluding hydrogens is 356 g/mol. The Bertz CT molecular complexity index is 1010. The summed E-state index contributed by atoms with van der Waals surface area (Å²) in [6, 6.07) is 13.3. The Hall–Kier alpha value is -3.05. The summed E-state index contributed by atoms with van der Waals surface area (Å²) in [5.74, 6) is 1.64. The van der Waals surface area contributed by atoms with Gasteiger partial charge >= 0.3 is 0 Å². The molecule has 3 rings (SSSR count). The predicted octanol–water partition coefficient (Wildman–Crippen LogP) is 4.27. The average molecular weight is 380 g/mol. The van der Waals surface area contributed by atoms with E-state index in [1.165, 1.54) is 0 Å². The number of methoxy groups -OCH3 is 3. The maximum atomic E-state index is 11.8. The van der Waals surface area contributed by atoms with Gasteiger partial charge < -0.3 is 19.3 Å². The van der Waals surface area contributed by atoms with Crippen LogP contribution in [0.1, 0.15) is 22.8 Å². The largest absolute Gasteiger partial charge is 0.496 e. The van der Waals surface area contributed by atoms with E-state index in [2.05, 4.69) is 0 Å². The molecular formula is C23H24O5. The van der Waals surface area contributed by atoms with Crippen molar-refractivity contribution in [1.29, 1.82) is 0 Å². The summed E-state index contributed by atoms with van der Waals surface area (Å²) >= 11 is 0. The second-order valence-corrected chi connectivity index (χ2v) is 6.63. The molecule has 146 valence electrons. The predicted molar refractivity (Wildman–Crippen MR) is 110 cm³/mol. The second-order valence-electron chi connectivity index (χ2n) is 6.63. The van der Waals surface area contributed by atoms with Crippen molar-refractivity contribution in [3.05, 3.63) is 53.6 Å². The zero-order valence-electron chi connectivity index (χ0n) is 16.5. The third-order valence-electron chi connectivity index (χ3n) is 4.75. The molecule has 0 aromatic heterocycles. The molecule has 0 saturated heterocycles. The van der Waals surface area contributed by atoms with E-state index in [4.69, 9.17) is 14.2 Å². The van der Waals surface area contributed by atoms with Crippen molar-refractivity contribution in [1.82, 2.24) is 0 Å². The van der Waals surface area contributed by atoms with Gasteiger partial charge in [-0.15, -0.1) is 0 Å². The Morgan fingerprint density at radius 1 is 0.929 bits per heavy atom. The molecule has 0 fully saturated rings. The van der Waals surface area contributed by atoms with E-state index in [9.17, 15) is 9.90 Å². The minimum absolute atomic E-state index is 0.421. The first-order valence-electron chi connectivity index (χ1n) is 9.02. The fourth-order valence-corrected chi connectivity index (χ4v) is 3.55. The van der Waals surface area contributed by atoms with Crippen molar-refractivity contribution < 1.29 is 24.1 Å². The molecule has 1 atom stereocenters. The molecule has 1 N–H and O–H groups in total. The molecule has 28 heavy (non-hydrogen) atoms. The van der Waals surface area contributed by atoms with E-state index < -0.39 is 6.10 Å². The van der Waals surface area contributed by atoms with Gasteiger partial charge in [0.15, 0.2) is 17.8 Å². The number of benzene rings is 3. The molecule has 5 heteroatoms. The first kappa shape index (κ1) is 19.7. The number of fused-ring (bicyclic) bond motifs is 1. The number of carbonyl (C=O) groups excluding carboxylic acids is 1. The van der Waals surface area contributed by atoms with Gasteiger partial charge in [0.2, 0.25) is 0 Å². The molecule has 0 amide bonds. The number of hydrogen-bond acceptors (Lipinski definition) is 5. The molecule has 0 heterocycles. The topological polar surface area (TPSA) is 65.0 Å². The lowest BCUT2D eigenvalue weighted by atomic mass is 9.91. The third-order valence-corrected chi connectivity index (χ3v) is 4.75. The molecule has 0 saturated carbocycles. The van der Waals surface area contributed by atoms with E-state index >= 15 is 0 Å². The minimum Gasteiger partial charge on any atom is -0.496 e. The van der Waals surface area contributed by atoms with Crippen molar-refractivity contribution in [3.63, 3.8) is 0 Å². The van der Waals surface area contributed by atoms with E-state index in [1.807, 2.05) is 30.3 Å². The minimum atomic E-state index is -0.421. The van der Waals surface area contributed by atoms with E-state index in [-0.39, 0.29) is 0 Å². The number of aliphatic hydroxyl groups excluding tert-OH is 1. The lowest BCUT2D eigenvalue weighted by molar-refractivity contribution is 0.112. The molecule has 0 unspecified atom stereocenters. The quantitative estimate of drug-likeness (QED) is 0.620. The van der Waals surface area contributed by atoms with Gasteiger partial charge in [0, 0.05) is 16.7 Å². The van der Waals surface area contributed by atoms with Gasteiger partial charge in [0.05, 0.1) is 27.4 Å². The first-order chi connectivity index (χ1) is 13.5. The van der Waals surface area contributed by atoms with Crippen LogP contribution in [0.2, 0.25) is 0 Å². The van der Waals surface area contributed by atoms with Crippen LogP contribution in [0.5, 0.6) is 17.2 Å². The van der Waals surface area contributed by atoms with Crippen LogP contribution in [-0.4, -0.2) is 38.8 Å². The van der Waals surface area contributed by atoms with Crippen molar-refractivity contribution in [2.24, 2.45) is 0 Å². The van der Waals surface area contributed by atoms with Crippen LogP contribution in [0.3, 0.4) is 0 Å². The number of hydrogen-bond donors (Lipinski definition) is 1. The highest BCUT2D eigenvalue weighted by molar-refractivity contribution is 6.06. The van der Waals surface area contributed by atoms with Gasteiger partial charge in [-0.05, 0) is 47.9 Å². The third kappa shape index (κ3) is 3.53. The maximum absolute atomic E-state index is 11.8. The van der Waals surface area contributed by atoms with Crippen molar-refractivity contribution >= 4 is 17.1 Å². The van der Waals surface area contributed by atoms with Crippen LogP contribution in [0.15, 0.2) is 42.5 Å². The van der Waals surface area contributed by atoms with Crippen LogP contribution in [-0.2, 0) is 6.42 Å². The van der Waals surface area contributed by atoms with Gasteiger partial charge in [-0.3, -0.25) is 4.79 Å². The summed E-state index contributed by atoms with van der Waals surface area (Å²) < 4.78 is 16.7. The Morgan fingerprint density at radius 3 is 2.25 bits per heavy atom. The van der Waals surface area contributed by atoms with Gasteiger partial charge in [-0.1, -0.05) is 24.3 Å². The van der Waals surface area contributed by atoms with Crippen LogP contribution < -0.4 is 14.2 Å². The summed E-state index contributed by atoms with van der Waals surface area (Å²) in [4.78, 5) is 11.8. The molecule has 3 aromatic carbocycles. The Labute approximate surface area is 164 Å². The summed E-state index contributed by atoms with van der Waals surface area (Å²) in [5.41, 5.74) is 2.91. The molecule has 0 spiro atoms. The van der Waals surface area contributed by atoms with Gasteiger partial charge in [0.25, 0.3) is 0 Å². The molecule has 0 bridgehead atoms. The van der Waals surface area contributed by atoms with Crippen molar-refractivity contribution in [2.45, 2.75) is 19.4 Å². The van der Waals surface area contributed by atoms with Gasteiger partial charge in [0.1, 0.15) is 5.75 Å². The van der Waals surface area contributed by atoms with Crippen LogP contribution in [0.25, 0.3) is 21.9 Å². The first-order valence-corrected chi connectivity index (χ1v) is 9.02. The second kappa shape index (κ2) is 8.31.